The van der Waals surface area contributed by atoms with Gasteiger partial charge in [-0.1, -0.05) is 41.9 Å². The van der Waals surface area contributed by atoms with Gasteiger partial charge in [-0.3, -0.25) is 4.79 Å². The van der Waals surface area contributed by atoms with Crippen LogP contribution in [-0.4, -0.2) is 30.7 Å². The number of aromatic nitrogens is 1. The molecule has 1 aromatic heterocycles. The number of ether oxygens (including phenoxy) is 2. The van der Waals surface area contributed by atoms with Gasteiger partial charge in [0.2, 0.25) is 5.91 Å². The molecule has 6 heteroatoms. The van der Waals surface area contributed by atoms with E-state index < -0.39 is 0 Å². The second-order valence-electron chi connectivity index (χ2n) is 7.94. The number of nitrogens with one attached hydrogen (secondary N) is 1. The Morgan fingerprint density at radius 2 is 1.82 bits per heavy atom. The first-order chi connectivity index (χ1) is 16.0. The molecule has 0 saturated heterocycles. The molecule has 1 heterocycles. The number of halogens is 1. The van der Waals surface area contributed by atoms with Crippen molar-refractivity contribution in [1.82, 2.24) is 9.88 Å². The predicted octanol–water partition coefficient (Wildman–Crippen LogP) is 5.91. The van der Waals surface area contributed by atoms with Crippen molar-refractivity contribution in [2.24, 2.45) is 7.05 Å². The van der Waals surface area contributed by atoms with Crippen LogP contribution in [0.15, 0.2) is 79.0 Å². The number of carbonyl (C=O) groups is 1. The summed E-state index contributed by atoms with van der Waals surface area (Å²) in [5.74, 6) is 1.26. The van der Waals surface area contributed by atoms with E-state index in [0.717, 1.165) is 22.0 Å². The topological polar surface area (TPSA) is 52.5 Å². The number of hydrogen-bond acceptors (Lipinski definition) is 3. The van der Waals surface area contributed by atoms with E-state index in [9.17, 15) is 4.79 Å². The molecule has 5 nitrogen and oxygen atoms in total. The van der Waals surface area contributed by atoms with Gasteiger partial charge >= 0.3 is 0 Å². The Morgan fingerprint density at radius 3 is 2.61 bits per heavy atom. The Bertz CT molecular complexity index is 1230. The molecule has 0 saturated carbocycles. The fourth-order valence-electron chi connectivity index (χ4n) is 4.04. The summed E-state index contributed by atoms with van der Waals surface area (Å²) in [6.07, 6.45) is 2.44. The molecule has 1 N–H and O–H groups in total. The standard InChI is InChI=1S/C27H27ClN2O3/c1-30-18-25(23-8-3-4-9-26(23)30)24(17-27(31)29-14-15-32-2)19-6-5-7-22(16-19)33-21-12-10-20(28)11-13-21/h3-13,16,18,24H,14-15,17H2,1-2H3,(H,29,31)/t24-/m1/s1. The zero-order chi connectivity index (χ0) is 23.2. The first kappa shape index (κ1) is 22.9. The van der Waals surface area contributed by atoms with E-state index in [4.69, 9.17) is 21.1 Å². The van der Waals surface area contributed by atoms with Gasteiger partial charge in [-0.15, -0.1) is 0 Å². The van der Waals surface area contributed by atoms with Crippen LogP contribution in [0.3, 0.4) is 0 Å². The second-order valence-corrected chi connectivity index (χ2v) is 8.38. The van der Waals surface area contributed by atoms with Crippen LogP contribution >= 0.6 is 11.6 Å². The molecule has 1 atom stereocenters. The Kier molecular flexibility index (Phi) is 7.33. The van der Waals surface area contributed by atoms with Crippen LogP contribution in [0.5, 0.6) is 11.5 Å². The number of carbonyl (C=O) groups excluding carboxylic acids is 1. The number of nitrogens with zero attached hydrogens (tertiary/aromatic N) is 1. The summed E-state index contributed by atoms with van der Waals surface area (Å²) < 4.78 is 13.2. The number of methoxy groups -OCH3 is 1. The zero-order valence-electron chi connectivity index (χ0n) is 18.8. The summed E-state index contributed by atoms with van der Waals surface area (Å²) in [4.78, 5) is 12.8. The molecule has 0 fully saturated rings. The summed E-state index contributed by atoms with van der Waals surface area (Å²) in [7, 11) is 3.65. The maximum absolute atomic E-state index is 12.8. The van der Waals surface area contributed by atoms with Gasteiger partial charge in [0.1, 0.15) is 11.5 Å². The fourth-order valence-corrected chi connectivity index (χ4v) is 4.17. The maximum Gasteiger partial charge on any atom is 0.221 e. The van der Waals surface area contributed by atoms with E-state index in [-0.39, 0.29) is 11.8 Å². The van der Waals surface area contributed by atoms with E-state index in [1.54, 1.807) is 19.2 Å². The zero-order valence-corrected chi connectivity index (χ0v) is 19.5. The molecular formula is C27H27ClN2O3. The number of hydrogen-bond donors (Lipinski definition) is 1. The Morgan fingerprint density at radius 1 is 1.03 bits per heavy atom. The monoisotopic (exact) mass is 462 g/mol. The number of amides is 1. The highest BCUT2D eigenvalue weighted by Gasteiger charge is 2.22. The first-order valence-electron chi connectivity index (χ1n) is 10.9. The Balaban J connectivity index is 1.68. The van der Waals surface area contributed by atoms with Crippen molar-refractivity contribution < 1.29 is 14.3 Å². The molecule has 0 spiro atoms. The lowest BCUT2D eigenvalue weighted by Crippen LogP contribution is -2.28. The van der Waals surface area contributed by atoms with Crippen LogP contribution in [-0.2, 0) is 16.6 Å². The van der Waals surface area contributed by atoms with Crippen molar-refractivity contribution in [2.45, 2.75) is 12.3 Å². The molecule has 0 bridgehead atoms. The lowest BCUT2D eigenvalue weighted by molar-refractivity contribution is -0.121. The summed E-state index contributed by atoms with van der Waals surface area (Å²) in [6, 6.07) is 23.4. The molecule has 0 radical (unpaired) electrons. The molecule has 170 valence electrons. The molecule has 4 rings (SSSR count). The minimum atomic E-state index is -0.132. The van der Waals surface area contributed by atoms with Gasteiger partial charge < -0.3 is 19.4 Å². The first-order valence-corrected chi connectivity index (χ1v) is 11.3. The minimum Gasteiger partial charge on any atom is -0.457 e. The SMILES string of the molecule is COCCNC(=O)C[C@H](c1cccc(Oc2ccc(Cl)cc2)c1)c1cn(C)c2ccccc12. The minimum absolute atomic E-state index is 0.0194. The van der Waals surface area contributed by atoms with Gasteiger partial charge in [0.15, 0.2) is 0 Å². The maximum atomic E-state index is 12.8. The quantitative estimate of drug-likeness (QED) is 0.315. The molecule has 0 unspecified atom stereocenters. The molecule has 0 aliphatic heterocycles. The molecule has 1 amide bonds. The highest BCUT2D eigenvalue weighted by molar-refractivity contribution is 6.30. The summed E-state index contributed by atoms with van der Waals surface area (Å²) in [5, 5.41) is 4.75. The fraction of sp³-hybridized carbons (Fsp3) is 0.222. The lowest BCUT2D eigenvalue weighted by atomic mass is 9.88. The highest BCUT2D eigenvalue weighted by Crippen LogP contribution is 2.36. The summed E-state index contributed by atoms with van der Waals surface area (Å²) in [6.45, 7) is 0.965. The van der Waals surface area contributed by atoms with Crippen LogP contribution in [0.25, 0.3) is 10.9 Å². The number of para-hydroxylation sites is 1. The Hall–Kier alpha value is -3.28. The molecule has 0 aliphatic carbocycles. The van der Waals surface area contributed by atoms with Crippen molar-refractivity contribution in [3.05, 3.63) is 95.1 Å². The normalized spacial score (nSPS) is 12.0. The molecule has 4 aromatic rings. The van der Waals surface area contributed by atoms with Gasteiger partial charge in [-0.2, -0.15) is 0 Å². The van der Waals surface area contributed by atoms with Crippen molar-refractivity contribution in [2.75, 3.05) is 20.3 Å². The third kappa shape index (κ3) is 5.56. The van der Waals surface area contributed by atoms with Crippen molar-refractivity contribution >= 4 is 28.4 Å². The van der Waals surface area contributed by atoms with E-state index in [2.05, 4.69) is 28.2 Å². The van der Waals surface area contributed by atoms with Crippen molar-refractivity contribution in [3.63, 3.8) is 0 Å². The largest absolute Gasteiger partial charge is 0.457 e. The molecular weight excluding hydrogens is 436 g/mol. The average molecular weight is 463 g/mol. The van der Waals surface area contributed by atoms with Gasteiger partial charge in [0.25, 0.3) is 0 Å². The van der Waals surface area contributed by atoms with E-state index in [1.807, 2.05) is 55.6 Å². The van der Waals surface area contributed by atoms with E-state index in [0.29, 0.717) is 36.1 Å². The van der Waals surface area contributed by atoms with Gasteiger partial charge in [-0.25, -0.2) is 0 Å². The van der Waals surface area contributed by atoms with Crippen LogP contribution in [0.4, 0.5) is 0 Å². The third-order valence-corrected chi connectivity index (χ3v) is 5.88. The summed E-state index contributed by atoms with van der Waals surface area (Å²) >= 11 is 5.99. The highest BCUT2D eigenvalue weighted by atomic mass is 35.5. The van der Waals surface area contributed by atoms with Crippen LogP contribution in [0, 0.1) is 0 Å². The summed E-state index contributed by atoms with van der Waals surface area (Å²) in [5.41, 5.74) is 3.25. The average Bonchev–Trinajstić information content (AvgIpc) is 3.16. The van der Waals surface area contributed by atoms with Crippen LogP contribution < -0.4 is 10.1 Å². The van der Waals surface area contributed by atoms with E-state index in [1.165, 1.54) is 0 Å². The van der Waals surface area contributed by atoms with Gasteiger partial charge in [0.05, 0.1) is 6.61 Å². The number of rotatable bonds is 9. The smallest absolute Gasteiger partial charge is 0.221 e. The van der Waals surface area contributed by atoms with Crippen LogP contribution in [0.1, 0.15) is 23.5 Å². The number of benzene rings is 3. The number of fused-ring (bicyclic) bond motifs is 1. The molecule has 0 aliphatic rings. The van der Waals surface area contributed by atoms with Crippen LogP contribution in [0.2, 0.25) is 5.02 Å². The van der Waals surface area contributed by atoms with Crippen molar-refractivity contribution in [1.29, 1.82) is 0 Å². The van der Waals surface area contributed by atoms with E-state index >= 15 is 0 Å². The predicted molar refractivity (Wildman–Crippen MR) is 132 cm³/mol. The van der Waals surface area contributed by atoms with Gasteiger partial charge in [-0.05, 0) is 53.6 Å². The second kappa shape index (κ2) is 10.6. The Labute approximate surface area is 198 Å². The van der Waals surface area contributed by atoms with Crippen molar-refractivity contribution in [3.8, 4) is 11.5 Å². The van der Waals surface area contributed by atoms with Gasteiger partial charge in [0, 0.05) is 55.2 Å². The third-order valence-electron chi connectivity index (χ3n) is 5.63. The molecule has 3 aromatic carbocycles. The number of aryl methyl sites for hydroxylation is 1. The lowest BCUT2D eigenvalue weighted by Gasteiger charge is -2.18. The molecule has 33 heavy (non-hydrogen) atoms.